The van der Waals surface area contributed by atoms with E-state index in [1.807, 2.05) is 6.07 Å². The van der Waals surface area contributed by atoms with Crippen LogP contribution in [0.3, 0.4) is 0 Å². The van der Waals surface area contributed by atoms with E-state index in [-0.39, 0.29) is 11.1 Å². The number of nitrogens with two attached hydrogens (primary N) is 1. The fraction of sp³-hybridized carbons (Fsp3) is 0.538. The Hall–Kier alpha value is -0.980. The van der Waals surface area contributed by atoms with Gasteiger partial charge in [0.2, 0.25) is 0 Å². The minimum absolute atomic E-state index is 0.0529. The van der Waals surface area contributed by atoms with Crippen LogP contribution >= 0.6 is 15.9 Å². The number of halogens is 1. The molecule has 0 aliphatic heterocycles. The lowest BCUT2D eigenvalue weighted by Crippen LogP contribution is -2.39. The number of hydrogen-bond donors (Lipinski definition) is 2. The molecule has 0 aromatic heterocycles. The molecule has 1 fully saturated rings. The molecule has 0 heterocycles. The predicted octanol–water partition coefficient (Wildman–Crippen LogP) is 2.39. The zero-order valence-electron chi connectivity index (χ0n) is 10.5. The van der Waals surface area contributed by atoms with E-state index >= 15 is 0 Å². The highest BCUT2D eigenvalue weighted by molar-refractivity contribution is 9.10. The molecule has 1 aliphatic carbocycles. The van der Waals surface area contributed by atoms with Gasteiger partial charge >= 0.3 is 0 Å². The molecule has 0 spiro atoms. The Morgan fingerprint density at radius 3 is 2.84 bits per heavy atom. The third-order valence-corrected chi connectivity index (χ3v) is 4.98. The number of rotatable bonds is 4. The summed E-state index contributed by atoms with van der Waals surface area (Å²) in [5.74, 6) is 0. The molecule has 1 aromatic carbocycles. The zero-order valence-corrected chi connectivity index (χ0v) is 12.1. The molecule has 104 valence electrons. The van der Waals surface area contributed by atoms with Gasteiger partial charge in [0, 0.05) is 18.0 Å². The zero-order chi connectivity index (χ0) is 14.0. The number of nitro benzene ring substituents is 1. The quantitative estimate of drug-likeness (QED) is 0.656. The molecule has 1 aliphatic rings. The number of nitrogens with zero attached hydrogens (tertiary/aromatic N) is 1. The molecule has 3 N–H and O–H groups in total. The van der Waals surface area contributed by atoms with Gasteiger partial charge in [-0.1, -0.05) is 18.6 Å². The summed E-state index contributed by atoms with van der Waals surface area (Å²) in [6.45, 7) is 0.392. The van der Waals surface area contributed by atoms with Crippen molar-refractivity contribution in [3.8, 4) is 0 Å². The lowest BCUT2D eigenvalue weighted by atomic mass is 9.78. The van der Waals surface area contributed by atoms with E-state index in [2.05, 4.69) is 15.9 Å². The van der Waals surface area contributed by atoms with Crippen LogP contribution in [0.15, 0.2) is 22.7 Å². The Morgan fingerprint density at radius 2 is 2.32 bits per heavy atom. The van der Waals surface area contributed by atoms with Gasteiger partial charge in [-0.15, -0.1) is 0 Å². The highest BCUT2D eigenvalue weighted by Gasteiger charge is 2.41. The Balaban J connectivity index is 2.33. The van der Waals surface area contributed by atoms with Gasteiger partial charge in [-0.3, -0.25) is 10.1 Å². The van der Waals surface area contributed by atoms with Crippen LogP contribution in [-0.2, 0) is 6.42 Å². The van der Waals surface area contributed by atoms with Crippen molar-refractivity contribution in [2.75, 3.05) is 6.54 Å². The molecular formula is C13H17BrN2O3. The van der Waals surface area contributed by atoms with Crippen LogP contribution in [0.4, 0.5) is 5.69 Å². The van der Waals surface area contributed by atoms with E-state index in [1.165, 1.54) is 6.07 Å². The molecule has 0 amide bonds. The van der Waals surface area contributed by atoms with Crippen LogP contribution in [0.5, 0.6) is 0 Å². The predicted molar refractivity (Wildman–Crippen MR) is 75.8 cm³/mol. The highest BCUT2D eigenvalue weighted by Crippen LogP contribution is 2.42. The number of aliphatic hydroxyl groups excluding tert-OH is 1. The van der Waals surface area contributed by atoms with Crippen molar-refractivity contribution in [3.05, 3.63) is 38.3 Å². The monoisotopic (exact) mass is 328 g/mol. The first-order chi connectivity index (χ1) is 9.00. The number of benzene rings is 1. The van der Waals surface area contributed by atoms with Gasteiger partial charge in [-0.25, -0.2) is 0 Å². The molecule has 0 radical (unpaired) electrons. The Morgan fingerprint density at radius 1 is 1.58 bits per heavy atom. The molecular weight excluding hydrogens is 312 g/mol. The summed E-state index contributed by atoms with van der Waals surface area (Å²) in [4.78, 5) is 10.5. The van der Waals surface area contributed by atoms with E-state index in [9.17, 15) is 15.2 Å². The number of aliphatic hydroxyl groups is 1. The fourth-order valence-corrected chi connectivity index (χ4v) is 3.41. The third kappa shape index (κ3) is 2.66. The van der Waals surface area contributed by atoms with Crippen LogP contribution in [0.2, 0.25) is 0 Å². The van der Waals surface area contributed by atoms with Gasteiger partial charge in [0.1, 0.15) is 0 Å². The van der Waals surface area contributed by atoms with Gasteiger partial charge in [0.15, 0.2) is 0 Å². The molecule has 2 unspecified atom stereocenters. The van der Waals surface area contributed by atoms with Gasteiger partial charge < -0.3 is 10.8 Å². The topological polar surface area (TPSA) is 89.4 Å². The summed E-state index contributed by atoms with van der Waals surface area (Å²) < 4.78 is 0.493. The maximum atomic E-state index is 10.9. The van der Waals surface area contributed by atoms with Crippen molar-refractivity contribution in [2.45, 2.75) is 31.8 Å². The molecule has 2 rings (SSSR count). The molecule has 0 bridgehead atoms. The smallest absolute Gasteiger partial charge is 0.283 e. The molecule has 6 heteroatoms. The number of hydrogen-bond acceptors (Lipinski definition) is 4. The van der Waals surface area contributed by atoms with Gasteiger partial charge in [-0.2, -0.15) is 0 Å². The number of nitro groups is 1. The largest absolute Gasteiger partial charge is 0.392 e. The first-order valence-electron chi connectivity index (χ1n) is 6.30. The maximum absolute atomic E-state index is 10.9. The molecule has 2 atom stereocenters. The van der Waals surface area contributed by atoms with Crippen LogP contribution in [0.1, 0.15) is 24.8 Å². The second kappa shape index (κ2) is 5.56. The first-order valence-corrected chi connectivity index (χ1v) is 7.09. The molecule has 1 saturated carbocycles. The van der Waals surface area contributed by atoms with Crippen LogP contribution in [0, 0.1) is 15.5 Å². The van der Waals surface area contributed by atoms with E-state index in [1.54, 1.807) is 6.07 Å². The van der Waals surface area contributed by atoms with Crippen molar-refractivity contribution in [3.63, 3.8) is 0 Å². The van der Waals surface area contributed by atoms with E-state index in [4.69, 9.17) is 5.73 Å². The van der Waals surface area contributed by atoms with Crippen LogP contribution in [0.25, 0.3) is 0 Å². The average molecular weight is 329 g/mol. The van der Waals surface area contributed by atoms with E-state index in [0.29, 0.717) is 17.4 Å². The summed E-state index contributed by atoms with van der Waals surface area (Å²) in [7, 11) is 0. The average Bonchev–Trinajstić information content (AvgIpc) is 2.73. The third-order valence-electron chi connectivity index (χ3n) is 4.06. The van der Waals surface area contributed by atoms with Crippen LogP contribution < -0.4 is 5.73 Å². The molecule has 1 aromatic rings. The molecule has 5 nitrogen and oxygen atoms in total. The normalized spacial score (nSPS) is 26.6. The van der Waals surface area contributed by atoms with Gasteiger partial charge in [0.05, 0.1) is 15.5 Å². The Bertz CT molecular complexity index is 495. The van der Waals surface area contributed by atoms with Gasteiger partial charge in [0.25, 0.3) is 5.69 Å². The SMILES string of the molecule is NCC1(Cc2cccc([N+](=O)[O-])c2Br)CCCC1O. The summed E-state index contributed by atoms with van der Waals surface area (Å²) in [5.41, 5.74) is 6.38. The van der Waals surface area contributed by atoms with Crippen molar-refractivity contribution in [1.82, 2.24) is 0 Å². The maximum Gasteiger partial charge on any atom is 0.283 e. The summed E-state index contributed by atoms with van der Waals surface area (Å²) >= 11 is 3.30. The Kier molecular flexibility index (Phi) is 4.23. The summed E-state index contributed by atoms with van der Waals surface area (Å²) in [6.07, 6.45) is 2.70. The van der Waals surface area contributed by atoms with Crippen molar-refractivity contribution in [1.29, 1.82) is 0 Å². The highest BCUT2D eigenvalue weighted by atomic mass is 79.9. The Labute approximate surface area is 120 Å². The minimum atomic E-state index is -0.427. The minimum Gasteiger partial charge on any atom is -0.392 e. The van der Waals surface area contributed by atoms with Crippen molar-refractivity contribution >= 4 is 21.6 Å². The fourth-order valence-electron chi connectivity index (χ4n) is 2.86. The van der Waals surface area contributed by atoms with Crippen molar-refractivity contribution < 1.29 is 10.0 Å². The second-order valence-electron chi connectivity index (χ2n) is 5.16. The first kappa shape index (κ1) is 14.4. The van der Waals surface area contributed by atoms with Gasteiger partial charge in [-0.05, 0) is 40.8 Å². The standard InChI is InChI=1S/C13H17BrN2O3/c14-12-9(3-1-4-10(12)16(18)19)7-13(8-15)6-2-5-11(13)17/h1,3-4,11,17H,2,5-8,15H2. The lowest BCUT2D eigenvalue weighted by molar-refractivity contribution is -0.385. The van der Waals surface area contributed by atoms with Crippen LogP contribution in [-0.4, -0.2) is 22.7 Å². The van der Waals surface area contributed by atoms with E-state index in [0.717, 1.165) is 24.8 Å². The molecule has 0 saturated heterocycles. The summed E-state index contributed by atoms with van der Waals surface area (Å²) in [5, 5.41) is 21.1. The van der Waals surface area contributed by atoms with Crippen molar-refractivity contribution in [2.24, 2.45) is 11.1 Å². The second-order valence-corrected chi connectivity index (χ2v) is 5.95. The van der Waals surface area contributed by atoms with E-state index < -0.39 is 11.0 Å². The summed E-state index contributed by atoms with van der Waals surface area (Å²) in [6, 6.07) is 4.98. The molecule has 19 heavy (non-hydrogen) atoms. The lowest BCUT2D eigenvalue weighted by Gasteiger charge is -2.31.